The van der Waals surface area contributed by atoms with Gasteiger partial charge in [-0.25, -0.2) is 9.97 Å². The van der Waals surface area contributed by atoms with Crippen LogP contribution < -0.4 is 5.32 Å². The lowest BCUT2D eigenvalue weighted by Crippen LogP contribution is -2.26. The Morgan fingerprint density at radius 1 is 1.27 bits per heavy atom. The van der Waals surface area contributed by atoms with Crippen LogP contribution in [0.5, 0.6) is 0 Å². The van der Waals surface area contributed by atoms with Crippen LogP contribution in [0.25, 0.3) is 0 Å². The van der Waals surface area contributed by atoms with Crippen molar-refractivity contribution in [3.05, 3.63) is 58.0 Å². The van der Waals surface area contributed by atoms with Crippen LogP contribution in [0.2, 0.25) is 0 Å². The number of hydrogen-bond acceptors (Lipinski definition) is 6. The van der Waals surface area contributed by atoms with Crippen molar-refractivity contribution in [2.75, 3.05) is 18.4 Å². The van der Waals surface area contributed by atoms with Gasteiger partial charge in [-0.05, 0) is 12.0 Å². The number of nitrogens with zero attached hydrogens (tertiary/aromatic N) is 4. The van der Waals surface area contributed by atoms with E-state index in [1.807, 2.05) is 0 Å². The predicted octanol–water partition coefficient (Wildman–Crippen LogP) is 3.09. The van der Waals surface area contributed by atoms with Gasteiger partial charge in [-0.3, -0.25) is 15.0 Å². The minimum atomic E-state index is -4.50. The summed E-state index contributed by atoms with van der Waals surface area (Å²) in [7, 11) is 0. The first-order valence-corrected chi connectivity index (χ1v) is 7.93. The van der Waals surface area contributed by atoms with Crippen molar-refractivity contribution in [2.24, 2.45) is 0 Å². The van der Waals surface area contributed by atoms with Gasteiger partial charge in [0.2, 0.25) is 0 Å². The molecule has 0 spiro atoms. The van der Waals surface area contributed by atoms with Crippen LogP contribution in [-0.4, -0.2) is 38.9 Å². The minimum Gasteiger partial charge on any atom is -0.366 e. The monoisotopic (exact) mass is 367 g/mol. The van der Waals surface area contributed by atoms with Gasteiger partial charge in [0.25, 0.3) is 5.69 Å². The SMILES string of the molecule is O=[N+]([O-])c1ccc(CN2CCC(Nc3cc(C(F)(F)F)ncn3)C2)cc1. The maximum Gasteiger partial charge on any atom is 0.433 e. The van der Waals surface area contributed by atoms with E-state index in [9.17, 15) is 23.3 Å². The highest BCUT2D eigenvalue weighted by molar-refractivity contribution is 5.37. The van der Waals surface area contributed by atoms with Gasteiger partial charge in [0.15, 0.2) is 0 Å². The highest BCUT2D eigenvalue weighted by Crippen LogP contribution is 2.28. The Bertz CT molecular complexity index is 782. The molecule has 1 fully saturated rings. The topological polar surface area (TPSA) is 84.2 Å². The number of non-ortho nitro benzene ring substituents is 1. The molecule has 1 unspecified atom stereocenters. The molecule has 0 bridgehead atoms. The molecular formula is C16H16F3N5O2. The number of anilines is 1. The third-order valence-corrected chi connectivity index (χ3v) is 4.14. The molecule has 1 atom stereocenters. The minimum absolute atomic E-state index is 0.0240. The van der Waals surface area contributed by atoms with Crippen molar-refractivity contribution in [3.63, 3.8) is 0 Å². The lowest BCUT2D eigenvalue weighted by atomic mass is 10.2. The summed E-state index contributed by atoms with van der Waals surface area (Å²) in [6.07, 6.45) is -2.84. The van der Waals surface area contributed by atoms with E-state index >= 15 is 0 Å². The van der Waals surface area contributed by atoms with Gasteiger partial charge < -0.3 is 5.32 Å². The zero-order valence-corrected chi connectivity index (χ0v) is 13.6. The van der Waals surface area contributed by atoms with Gasteiger partial charge in [0.1, 0.15) is 17.8 Å². The van der Waals surface area contributed by atoms with Crippen LogP contribution in [0.1, 0.15) is 17.7 Å². The van der Waals surface area contributed by atoms with Crippen molar-refractivity contribution in [3.8, 4) is 0 Å². The summed E-state index contributed by atoms with van der Waals surface area (Å²) in [6.45, 7) is 2.03. The Morgan fingerprint density at radius 2 is 2.00 bits per heavy atom. The first kappa shape index (κ1) is 18.1. The fourth-order valence-corrected chi connectivity index (χ4v) is 2.88. The molecule has 2 aromatic rings. The molecule has 1 aliphatic heterocycles. The van der Waals surface area contributed by atoms with Crippen LogP contribution in [0.15, 0.2) is 36.7 Å². The summed E-state index contributed by atoms with van der Waals surface area (Å²) in [6, 6.07) is 7.21. The van der Waals surface area contributed by atoms with Crippen LogP contribution in [0, 0.1) is 10.1 Å². The molecule has 0 saturated carbocycles. The normalized spacial score (nSPS) is 18.0. The second-order valence-electron chi connectivity index (χ2n) is 6.07. The zero-order valence-electron chi connectivity index (χ0n) is 13.6. The molecule has 2 heterocycles. The van der Waals surface area contributed by atoms with Gasteiger partial charge in [0, 0.05) is 43.9 Å². The Morgan fingerprint density at radius 3 is 2.65 bits per heavy atom. The largest absolute Gasteiger partial charge is 0.433 e. The quantitative estimate of drug-likeness (QED) is 0.646. The summed E-state index contributed by atoms with van der Waals surface area (Å²) >= 11 is 0. The second kappa shape index (κ2) is 7.24. The molecule has 1 N–H and O–H groups in total. The molecule has 3 rings (SSSR count). The van der Waals surface area contributed by atoms with E-state index in [0.29, 0.717) is 13.1 Å². The number of benzene rings is 1. The van der Waals surface area contributed by atoms with E-state index in [2.05, 4.69) is 20.2 Å². The average molecular weight is 367 g/mol. The molecule has 1 aliphatic rings. The van der Waals surface area contributed by atoms with Crippen LogP contribution in [0.3, 0.4) is 0 Å². The predicted molar refractivity (Wildman–Crippen MR) is 87.4 cm³/mol. The maximum atomic E-state index is 12.7. The van der Waals surface area contributed by atoms with Crippen LogP contribution >= 0.6 is 0 Å². The van der Waals surface area contributed by atoms with E-state index in [0.717, 1.165) is 30.9 Å². The smallest absolute Gasteiger partial charge is 0.366 e. The first-order chi connectivity index (χ1) is 12.3. The molecule has 10 heteroatoms. The fraction of sp³-hybridized carbons (Fsp3) is 0.375. The standard InChI is InChI=1S/C16H16F3N5O2/c17-16(18,19)14-7-15(21-10-20-14)22-12-5-6-23(9-12)8-11-1-3-13(4-2-11)24(25)26/h1-4,7,10,12H,5-6,8-9H2,(H,20,21,22). The summed E-state index contributed by atoms with van der Waals surface area (Å²) in [4.78, 5) is 19.4. The number of nitro benzene ring substituents is 1. The number of nitrogens with one attached hydrogen (secondary N) is 1. The molecule has 0 radical (unpaired) electrons. The molecule has 0 aliphatic carbocycles. The van der Waals surface area contributed by atoms with E-state index in [1.54, 1.807) is 12.1 Å². The van der Waals surface area contributed by atoms with Crippen LogP contribution in [-0.2, 0) is 12.7 Å². The molecule has 1 aromatic heterocycles. The molecule has 1 aromatic carbocycles. The maximum absolute atomic E-state index is 12.7. The van der Waals surface area contributed by atoms with Crippen molar-refractivity contribution in [1.29, 1.82) is 0 Å². The molecule has 7 nitrogen and oxygen atoms in total. The molecule has 26 heavy (non-hydrogen) atoms. The Balaban J connectivity index is 1.56. The van der Waals surface area contributed by atoms with Gasteiger partial charge in [-0.15, -0.1) is 0 Å². The van der Waals surface area contributed by atoms with Gasteiger partial charge in [-0.1, -0.05) is 12.1 Å². The van der Waals surface area contributed by atoms with E-state index in [-0.39, 0.29) is 17.5 Å². The zero-order chi connectivity index (χ0) is 18.7. The molecule has 138 valence electrons. The van der Waals surface area contributed by atoms with E-state index < -0.39 is 16.8 Å². The Labute approximate surface area is 147 Å². The van der Waals surface area contributed by atoms with Gasteiger partial charge in [-0.2, -0.15) is 13.2 Å². The number of nitro groups is 1. The van der Waals surface area contributed by atoms with E-state index in [1.165, 1.54) is 12.1 Å². The summed E-state index contributed by atoms with van der Waals surface area (Å²) in [5.74, 6) is 0.148. The summed E-state index contributed by atoms with van der Waals surface area (Å²) < 4.78 is 38.1. The summed E-state index contributed by atoms with van der Waals surface area (Å²) in [5.41, 5.74) is 0.00678. The van der Waals surface area contributed by atoms with Gasteiger partial charge >= 0.3 is 6.18 Å². The van der Waals surface area contributed by atoms with Crippen molar-refractivity contribution in [2.45, 2.75) is 25.2 Å². The van der Waals surface area contributed by atoms with Crippen molar-refractivity contribution in [1.82, 2.24) is 14.9 Å². The van der Waals surface area contributed by atoms with E-state index in [4.69, 9.17) is 0 Å². The summed E-state index contributed by atoms with van der Waals surface area (Å²) in [5, 5.41) is 13.7. The highest BCUT2D eigenvalue weighted by Gasteiger charge is 2.33. The molecule has 0 amide bonds. The fourth-order valence-electron chi connectivity index (χ4n) is 2.88. The molecular weight excluding hydrogens is 351 g/mol. The number of likely N-dealkylation sites (tertiary alicyclic amines) is 1. The number of hydrogen-bond donors (Lipinski definition) is 1. The second-order valence-corrected chi connectivity index (χ2v) is 6.07. The third-order valence-electron chi connectivity index (χ3n) is 4.14. The first-order valence-electron chi connectivity index (χ1n) is 7.93. The number of halogens is 3. The lowest BCUT2D eigenvalue weighted by Gasteiger charge is -2.17. The lowest BCUT2D eigenvalue weighted by molar-refractivity contribution is -0.384. The Kier molecular flexibility index (Phi) is 5.03. The number of alkyl halides is 3. The number of aromatic nitrogens is 2. The molecule has 1 saturated heterocycles. The van der Waals surface area contributed by atoms with Crippen molar-refractivity contribution < 1.29 is 18.1 Å². The highest BCUT2D eigenvalue weighted by atomic mass is 19.4. The number of rotatable bonds is 5. The Hall–Kier alpha value is -2.75. The third kappa shape index (κ3) is 4.45. The van der Waals surface area contributed by atoms with Gasteiger partial charge in [0.05, 0.1) is 4.92 Å². The van der Waals surface area contributed by atoms with Crippen molar-refractivity contribution >= 4 is 11.5 Å². The van der Waals surface area contributed by atoms with Crippen LogP contribution in [0.4, 0.5) is 24.7 Å². The average Bonchev–Trinajstić information content (AvgIpc) is 3.02.